The topological polar surface area (TPSA) is 25.2 Å². The molecular formula is C12H20BrNO. The second-order valence-corrected chi connectivity index (χ2v) is 5.86. The van der Waals surface area contributed by atoms with Crippen molar-refractivity contribution in [1.29, 1.82) is 0 Å². The highest BCUT2D eigenvalue weighted by Crippen LogP contribution is 2.28. The molecule has 0 saturated carbocycles. The predicted octanol–water partition coefficient (Wildman–Crippen LogP) is 4.13. The molecule has 0 bridgehead atoms. The van der Waals surface area contributed by atoms with Gasteiger partial charge in [-0.05, 0) is 53.4 Å². The molecule has 0 fully saturated rings. The standard InChI is InChI=1S/C12H20BrNO/c1-12(2,3)8-7-9(14-4)10-5-6-11(13)15-10/h5-6,9,14H,7-8H2,1-4H3. The third-order valence-corrected chi connectivity index (χ3v) is 2.90. The molecule has 0 aliphatic carbocycles. The lowest BCUT2D eigenvalue weighted by Gasteiger charge is -2.21. The number of hydrogen-bond acceptors (Lipinski definition) is 2. The molecule has 3 heteroatoms. The van der Waals surface area contributed by atoms with Crippen LogP contribution < -0.4 is 5.32 Å². The minimum Gasteiger partial charge on any atom is -0.453 e. The summed E-state index contributed by atoms with van der Waals surface area (Å²) in [6.45, 7) is 6.79. The van der Waals surface area contributed by atoms with Gasteiger partial charge in [0.25, 0.3) is 0 Å². The molecule has 2 nitrogen and oxygen atoms in total. The van der Waals surface area contributed by atoms with Gasteiger partial charge in [0.1, 0.15) is 5.76 Å². The summed E-state index contributed by atoms with van der Waals surface area (Å²) >= 11 is 3.33. The van der Waals surface area contributed by atoms with Gasteiger partial charge in [0.2, 0.25) is 0 Å². The number of halogens is 1. The van der Waals surface area contributed by atoms with Crippen LogP contribution in [0.3, 0.4) is 0 Å². The van der Waals surface area contributed by atoms with E-state index in [0.29, 0.717) is 11.5 Å². The highest BCUT2D eigenvalue weighted by molar-refractivity contribution is 9.10. The average Bonchev–Trinajstić information content (AvgIpc) is 2.51. The monoisotopic (exact) mass is 273 g/mol. The molecule has 0 saturated heterocycles. The molecule has 0 spiro atoms. The Balaban J connectivity index is 2.57. The van der Waals surface area contributed by atoms with Crippen LogP contribution in [0.1, 0.15) is 45.4 Å². The highest BCUT2D eigenvalue weighted by Gasteiger charge is 2.17. The summed E-state index contributed by atoms with van der Waals surface area (Å²) in [7, 11) is 1.98. The van der Waals surface area contributed by atoms with Gasteiger partial charge in [-0.3, -0.25) is 0 Å². The lowest BCUT2D eigenvalue weighted by Crippen LogP contribution is -2.18. The fourth-order valence-electron chi connectivity index (χ4n) is 1.52. The van der Waals surface area contributed by atoms with E-state index in [1.165, 1.54) is 6.42 Å². The van der Waals surface area contributed by atoms with Crippen molar-refractivity contribution in [1.82, 2.24) is 5.32 Å². The highest BCUT2D eigenvalue weighted by atomic mass is 79.9. The zero-order chi connectivity index (χ0) is 11.5. The van der Waals surface area contributed by atoms with E-state index in [1.54, 1.807) is 0 Å². The van der Waals surface area contributed by atoms with E-state index in [0.717, 1.165) is 16.9 Å². The molecule has 86 valence electrons. The maximum absolute atomic E-state index is 5.56. The Morgan fingerprint density at radius 3 is 2.47 bits per heavy atom. The Morgan fingerprint density at radius 2 is 2.07 bits per heavy atom. The van der Waals surface area contributed by atoms with Crippen LogP contribution in [0.4, 0.5) is 0 Å². The van der Waals surface area contributed by atoms with Gasteiger partial charge in [0, 0.05) is 0 Å². The van der Waals surface area contributed by atoms with Crippen molar-refractivity contribution in [3.05, 3.63) is 22.6 Å². The van der Waals surface area contributed by atoms with Crippen LogP contribution in [-0.4, -0.2) is 7.05 Å². The van der Waals surface area contributed by atoms with Gasteiger partial charge in [-0.2, -0.15) is 0 Å². The van der Waals surface area contributed by atoms with Crippen LogP contribution in [0.2, 0.25) is 0 Å². The fraction of sp³-hybridized carbons (Fsp3) is 0.667. The predicted molar refractivity (Wildman–Crippen MR) is 66.9 cm³/mol. The average molecular weight is 274 g/mol. The Kier molecular flexibility index (Phi) is 4.41. The Bertz CT molecular complexity index is 301. The van der Waals surface area contributed by atoms with Crippen molar-refractivity contribution < 1.29 is 4.42 Å². The molecule has 15 heavy (non-hydrogen) atoms. The second kappa shape index (κ2) is 5.17. The fourth-order valence-corrected chi connectivity index (χ4v) is 1.84. The molecular weight excluding hydrogens is 254 g/mol. The molecule has 1 unspecified atom stereocenters. The van der Waals surface area contributed by atoms with Gasteiger partial charge in [-0.25, -0.2) is 0 Å². The summed E-state index contributed by atoms with van der Waals surface area (Å²) in [5.41, 5.74) is 0.374. The quantitative estimate of drug-likeness (QED) is 0.893. The maximum atomic E-state index is 5.56. The molecule has 1 heterocycles. The molecule has 1 rings (SSSR count). The van der Waals surface area contributed by atoms with Crippen LogP contribution in [0.15, 0.2) is 21.2 Å². The number of hydrogen-bond donors (Lipinski definition) is 1. The molecule has 1 N–H and O–H groups in total. The summed E-state index contributed by atoms with van der Waals surface area (Å²) in [6, 6.07) is 4.28. The van der Waals surface area contributed by atoms with Crippen molar-refractivity contribution in [3.63, 3.8) is 0 Å². The van der Waals surface area contributed by atoms with Gasteiger partial charge in [-0.1, -0.05) is 20.8 Å². The molecule has 0 amide bonds. The van der Waals surface area contributed by atoms with Crippen molar-refractivity contribution in [2.75, 3.05) is 7.05 Å². The van der Waals surface area contributed by atoms with Crippen molar-refractivity contribution >= 4 is 15.9 Å². The van der Waals surface area contributed by atoms with Gasteiger partial charge < -0.3 is 9.73 Å². The van der Waals surface area contributed by atoms with E-state index >= 15 is 0 Å². The van der Waals surface area contributed by atoms with Crippen LogP contribution >= 0.6 is 15.9 Å². The maximum Gasteiger partial charge on any atom is 0.169 e. The van der Waals surface area contributed by atoms with Crippen molar-refractivity contribution in [2.24, 2.45) is 5.41 Å². The smallest absolute Gasteiger partial charge is 0.169 e. The van der Waals surface area contributed by atoms with E-state index in [4.69, 9.17) is 4.42 Å². The van der Waals surface area contributed by atoms with Crippen molar-refractivity contribution in [3.8, 4) is 0 Å². The minimum absolute atomic E-state index is 0.315. The zero-order valence-electron chi connectivity index (χ0n) is 9.93. The summed E-state index contributed by atoms with van der Waals surface area (Å²) in [4.78, 5) is 0. The van der Waals surface area contributed by atoms with Crippen molar-refractivity contribution in [2.45, 2.75) is 39.7 Å². The summed E-state index contributed by atoms with van der Waals surface area (Å²) in [5, 5.41) is 3.29. The first kappa shape index (κ1) is 12.8. The van der Waals surface area contributed by atoms with Gasteiger partial charge >= 0.3 is 0 Å². The third-order valence-electron chi connectivity index (χ3n) is 2.47. The molecule has 1 aromatic heterocycles. The SMILES string of the molecule is CNC(CCC(C)(C)C)c1ccc(Br)o1. The van der Waals surface area contributed by atoms with Gasteiger partial charge in [0.15, 0.2) is 4.67 Å². The summed E-state index contributed by atoms with van der Waals surface area (Å²) < 4.78 is 6.36. The Hall–Kier alpha value is -0.280. The van der Waals surface area contributed by atoms with E-state index in [9.17, 15) is 0 Å². The first-order valence-corrected chi connectivity index (χ1v) is 6.14. The molecule has 1 aromatic rings. The molecule has 0 aliphatic heterocycles. The van der Waals surface area contributed by atoms with Crippen LogP contribution in [-0.2, 0) is 0 Å². The van der Waals surface area contributed by atoms with E-state index in [-0.39, 0.29) is 0 Å². The van der Waals surface area contributed by atoms with E-state index < -0.39 is 0 Å². The number of furan rings is 1. The van der Waals surface area contributed by atoms with E-state index in [2.05, 4.69) is 42.0 Å². The lowest BCUT2D eigenvalue weighted by molar-refractivity contribution is 0.316. The molecule has 0 radical (unpaired) electrons. The molecule has 0 aliphatic rings. The minimum atomic E-state index is 0.315. The first-order chi connectivity index (χ1) is 6.92. The van der Waals surface area contributed by atoms with Crippen LogP contribution in [0.25, 0.3) is 0 Å². The third kappa shape index (κ3) is 4.39. The largest absolute Gasteiger partial charge is 0.453 e. The summed E-state index contributed by atoms with van der Waals surface area (Å²) in [5.74, 6) is 1.01. The Morgan fingerprint density at radius 1 is 1.40 bits per heavy atom. The number of nitrogens with one attached hydrogen (secondary N) is 1. The zero-order valence-corrected chi connectivity index (χ0v) is 11.5. The lowest BCUT2D eigenvalue weighted by atomic mass is 9.88. The second-order valence-electron chi connectivity index (χ2n) is 5.08. The van der Waals surface area contributed by atoms with E-state index in [1.807, 2.05) is 19.2 Å². The normalized spacial score (nSPS) is 14.2. The van der Waals surface area contributed by atoms with Crippen LogP contribution in [0.5, 0.6) is 0 Å². The van der Waals surface area contributed by atoms with Crippen LogP contribution in [0, 0.1) is 5.41 Å². The Labute approximate surface area is 101 Å². The first-order valence-electron chi connectivity index (χ1n) is 5.35. The summed E-state index contributed by atoms with van der Waals surface area (Å²) in [6.07, 6.45) is 2.27. The molecule has 0 aromatic carbocycles. The number of rotatable bonds is 4. The molecule has 1 atom stereocenters. The van der Waals surface area contributed by atoms with Gasteiger partial charge in [0.05, 0.1) is 6.04 Å². The van der Waals surface area contributed by atoms with Gasteiger partial charge in [-0.15, -0.1) is 0 Å².